The molecule has 5 nitrogen and oxygen atoms in total. The Morgan fingerprint density at radius 2 is 1.69 bits per heavy atom. The highest BCUT2D eigenvalue weighted by molar-refractivity contribution is 8.93. The van der Waals surface area contributed by atoms with Crippen molar-refractivity contribution < 1.29 is 14.7 Å². The zero-order chi connectivity index (χ0) is 17.4. The van der Waals surface area contributed by atoms with E-state index < -0.39 is 0 Å². The maximum Gasteiger partial charge on any atom is 0.261 e. The number of carbonyl (C=O) groups is 2. The number of hydrogen-bond donors (Lipinski definition) is 1. The van der Waals surface area contributed by atoms with Crippen LogP contribution in [-0.4, -0.2) is 33.3 Å². The Labute approximate surface area is 164 Å². The topological polar surface area (TPSA) is 70.5 Å². The van der Waals surface area contributed by atoms with Crippen LogP contribution in [0.25, 0.3) is 11.3 Å². The maximum atomic E-state index is 12.4. The zero-order valence-electron chi connectivity index (χ0n) is 13.6. The van der Waals surface area contributed by atoms with Crippen LogP contribution in [0.4, 0.5) is 0 Å². The number of carbonyl (C=O) groups excluding carboxylic acids is 2. The first-order valence-corrected chi connectivity index (χ1v) is 8.70. The predicted octanol–water partition coefficient (Wildman–Crippen LogP) is 3.93. The third-order valence-electron chi connectivity index (χ3n) is 4.12. The van der Waals surface area contributed by atoms with Crippen LogP contribution in [0.5, 0.6) is 5.75 Å². The van der Waals surface area contributed by atoms with Gasteiger partial charge in [-0.1, -0.05) is 24.3 Å². The van der Waals surface area contributed by atoms with Gasteiger partial charge in [-0.15, -0.1) is 28.3 Å². The average Bonchev–Trinajstić information content (AvgIpc) is 3.18. The molecule has 0 aliphatic carbocycles. The highest BCUT2D eigenvalue weighted by Gasteiger charge is 2.34. The summed E-state index contributed by atoms with van der Waals surface area (Å²) < 4.78 is 0. The second-order valence-corrected chi connectivity index (χ2v) is 6.68. The minimum atomic E-state index is -0.245. The lowest BCUT2D eigenvalue weighted by Gasteiger charge is -2.12. The van der Waals surface area contributed by atoms with Gasteiger partial charge >= 0.3 is 0 Å². The SMILES string of the molecule is Br.O=C1c2ccccc2C(=O)N1CCc1nc(-c2cccc(O)c2)cs1. The molecule has 0 bridgehead atoms. The fraction of sp³-hybridized carbons (Fsp3) is 0.105. The molecule has 2 amide bonds. The number of rotatable bonds is 4. The lowest BCUT2D eigenvalue weighted by atomic mass is 10.1. The summed E-state index contributed by atoms with van der Waals surface area (Å²) in [7, 11) is 0. The van der Waals surface area contributed by atoms with Crippen LogP contribution >= 0.6 is 28.3 Å². The summed E-state index contributed by atoms with van der Waals surface area (Å²) in [5.41, 5.74) is 2.54. The van der Waals surface area contributed by atoms with Gasteiger partial charge in [0.05, 0.1) is 21.8 Å². The van der Waals surface area contributed by atoms with E-state index in [0.717, 1.165) is 16.3 Å². The Hall–Kier alpha value is -2.51. The summed E-state index contributed by atoms with van der Waals surface area (Å²) in [5.74, 6) is -0.297. The first-order chi connectivity index (χ1) is 12.1. The van der Waals surface area contributed by atoms with E-state index in [-0.39, 0.29) is 34.5 Å². The number of phenolic OH excluding ortho intramolecular Hbond substituents is 1. The molecule has 1 aliphatic rings. The van der Waals surface area contributed by atoms with Crippen molar-refractivity contribution in [1.29, 1.82) is 0 Å². The second kappa shape index (κ2) is 7.39. The highest BCUT2D eigenvalue weighted by atomic mass is 79.9. The summed E-state index contributed by atoms with van der Waals surface area (Å²) in [6.07, 6.45) is 0.509. The average molecular weight is 431 g/mol. The Morgan fingerprint density at radius 3 is 2.35 bits per heavy atom. The molecule has 1 aromatic heterocycles. The summed E-state index contributed by atoms with van der Waals surface area (Å²) >= 11 is 1.48. The lowest BCUT2D eigenvalue weighted by molar-refractivity contribution is 0.0656. The van der Waals surface area contributed by atoms with Crippen LogP contribution in [0.3, 0.4) is 0 Å². The largest absolute Gasteiger partial charge is 0.508 e. The van der Waals surface area contributed by atoms with Gasteiger partial charge in [-0.3, -0.25) is 14.5 Å². The number of fused-ring (bicyclic) bond motifs is 1. The number of imide groups is 1. The van der Waals surface area contributed by atoms with Crippen molar-refractivity contribution in [2.24, 2.45) is 0 Å². The molecule has 3 aromatic rings. The van der Waals surface area contributed by atoms with E-state index in [4.69, 9.17) is 0 Å². The van der Waals surface area contributed by atoms with Crippen molar-refractivity contribution in [3.8, 4) is 17.0 Å². The predicted molar refractivity (Wildman–Crippen MR) is 105 cm³/mol. The molecule has 7 heteroatoms. The summed E-state index contributed by atoms with van der Waals surface area (Å²) in [6.45, 7) is 0.305. The minimum absolute atomic E-state index is 0. The first kappa shape index (κ1) is 18.3. The highest BCUT2D eigenvalue weighted by Crippen LogP contribution is 2.26. The maximum absolute atomic E-state index is 12.4. The fourth-order valence-electron chi connectivity index (χ4n) is 2.87. The molecular formula is C19H15BrN2O3S. The molecule has 0 spiro atoms. The van der Waals surface area contributed by atoms with Crippen molar-refractivity contribution in [3.63, 3.8) is 0 Å². The van der Waals surface area contributed by atoms with Gasteiger partial charge in [0.2, 0.25) is 0 Å². The summed E-state index contributed by atoms with van der Waals surface area (Å²) in [4.78, 5) is 30.5. The smallest absolute Gasteiger partial charge is 0.261 e. The number of aromatic hydroxyl groups is 1. The number of hydrogen-bond acceptors (Lipinski definition) is 5. The van der Waals surface area contributed by atoms with Crippen molar-refractivity contribution in [2.45, 2.75) is 6.42 Å². The van der Waals surface area contributed by atoms with Gasteiger partial charge < -0.3 is 5.11 Å². The van der Waals surface area contributed by atoms with Crippen LogP contribution < -0.4 is 0 Å². The molecule has 2 aromatic carbocycles. The lowest BCUT2D eigenvalue weighted by Crippen LogP contribution is -2.31. The van der Waals surface area contributed by atoms with E-state index in [0.29, 0.717) is 24.1 Å². The van der Waals surface area contributed by atoms with E-state index in [1.165, 1.54) is 16.2 Å². The van der Waals surface area contributed by atoms with E-state index in [2.05, 4.69) is 4.98 Å². The monoisotopic (exact) mass is 430 g/mol. The third-order valence-corrected chi connectivity index (χ3v) is 5.03. The molecule has 4 rings (SSSR count). The van der Waals surface area contributed by atoms with Crippen LogP contribution in [0, 0.1) is 0 Å². The number of halogens is 1. The second-order valence-electron chi connectivity index (χ2n) is 5.73. The number of benzene rings is 2. The summed E-state index contributed by atoms with van der Waals surface area (Å²) in [6, 6.07) is 13.8. The standard InChI is InChI=1S/C19H14N2O3S.BrH/c22-13-5-3-4-12(10-13)16-11-25-17(20-16)8-9-21-18(23)14-6-1-2-7-15(14)19(21)24;/h1-7,10-11,22H,8-9H2;1H. The number of nitrogens with zero attached hydrogens (tertiary/aromatic N) is 2. The zero-order valence-corrected chi connectivity index (χ0v) is 16.1. The molecule has 132 valence electrons. The molecule has 1 aliphatic heterocycles. The van der Waals surface area contributed by atoms with Crippen LogP contribution in [0.1, 0.15) is 25.7 Å². The van der Waals surface area contributed by atoms with Crippen molar-refractivity contribution >= 4 is 40.1 Å². The Balaban J connectivity index is 0.00000196. The fourth-order valence-corrected chi connectivity index (χ4v) is 3.67. The first-order valence-electron chi connectivity index (χ1n) is 7.82. The van der Waals surface area contributed by atoms with Gasteiger partial charge in [0.25, 0.3) is 11.8 Å². The van der Waals surface area contributed by atoms with Gasteiger partial charge in [-0.25, -0.2) is 4.98 Å². The Bertz CT molecular complexity index is 951. The van der Waals surface area contributed by atoms with E-state index in [9.17, 15) is 14.7 Å². The molecule has 1 N–H and O–H groups in total. The quantitative estimate of drug-likeness (QED) is 0.636. The summed E-state index contributed by atoms with van der Waals surface area (Å²) in [5, 5.41) is 12.3. The Kier molecular flexibility index (Phi) is 5.20. The molecule has 0 saturated carbocycles. The molecule has 26 heavy (non-hydrogen) atoms. The van der Waals surface area contributed by atoms with Crippen molar-refractivity contribution in [2.75, 3.05) is 6.54 Å². The number of phenols is 1. The van der Waals surface area contributed by atoms with Gasteiger partial charge in [0.1, 0.15) is 5.75 Å². The van der Waals surface area contributed by atoms with Crippen molar-refractivity contribution in [3.05, 3.63) is 70.0 Å². The van der Waals surface area contributed by atoms with Crippen LogP contribution in [-0.2, 0) is 6.42 Å². The molecular weight excluding hydrogens is 416 g/mol. The van der Waals surface area contributed by atoms with E-state index in [1.807, 2.05) is 11.4 Å². The number of amides is 2. The number of thiazole rings is 1. The minimum Gasteiger partial charge on any atom is -0.508 e. The molecule has 0 radical (unpaired) electrons. The molecule has 2 heterocycles. The van der Waals surface area contributed by atoms with Crippen LogP contribution in [0.2, 0.25) is 0 Å². The normalized spacial score (nSPS) is 12.8. The van der Waals surface area contributed by atoms with Crippen molar-refractivity contribution in [1.82, 2.24) is 9.88 Å². The van der Waals surface area contributed by atoms with Gasteiger partial charge in [-0.05, 0) is 24.3 Å². The van der Waals surface area contributed by atoms with Crippen LogP contribution in [0.15, 0.2) is 53.9 Å². The third kappa shape index (κ3) is 3.27. The van der Waals surface area contributed by atoms with Gasteiger partial charge in [0, 0.05) is 23.9 Å². The van der Waals surface area contributed by atoms with Gasteiger partial charge in [-0.2, -0.15) is 0 Å². The molecule has 0 saturated heterocycles. The molecule has 0 atom stereocenters. The van der Waals surface area contributed by atoms with E-state index >= 15 is 0 Å². The Morgan fingerprint density at radius 1 is 1.00 bits per heavy atom. The number of aromatic nitrogens is 1. The molecule has 0 unspecified atom stereocenters. The van der Waals surface area contributed by atoms with E-state index in [1.54, 1.807) is 42.5 Å². The van der Waals surface area contributed by atoms with Gasteiger partial charge in [0.15, 0.2) is 0 Å². The molecule has 0 fully saturated rings.